The second-order valence-corrected chi connectivity index (χ2v) is 5.67. The Morgan fingerprint density at radius 1 is 1.14 bits per heavy atom. The molecule has 2 aromatic heterocycles. The maximum absolute atomic E-state index is 5.68. The Kier molecular flexibility index (Phi) is 3.84. The van der Waals surface area contributed by atoms with Crippen LogP contribution in [0.1, 0.15) is 0 Å². The third-order valence-electron chi connectivity index (χ3n) is 2.42. The van der Waals surface area contributed by atoms with Gasteiger partial charge in [0.15, 0.2) is 0 Å². The van der Waals surface area contributed by atoms with Gasteiger partial charge in [0.05, 0.1) is 4.47 Å². The van der Waals surface area contributed by atoms with Crippen molar-refractivity contribution in [2.75, 3.05) is 5.73 Å². The maximum Gasteiger partial charge on any atom is 0.328 e. The first-order valence-corrected chi connectivity index (χ1v) is 7.35. The minimum absolute atomic E-state index is 0.0544. The number of aromatic nitrogens is 5. The molecule has 0 spiro atoms. The van der Waals surface area contributed by atoms with Crippen LogP contribution in [-0.2, 0) is 0 Å². The van der Waals surface area contributed by atoms with E-state index in [0.717, 1.165) is 8.95 Å². The molecular weight excluding hydrogens is 404 g/mol. The first-order valence-electron chi connectivity index (χ1n) is 5.76. The largest absolute Gasteiger partial charge is 0.423 e. The zero-order valence-electron chi connectivity index (χ0n) is 10.4. The van der Waals surface area contributed by atoms with Gasteiger partial charge in [-0.2, -0.15) is 20.1 Å². The molecule has 0 aliphatic carbocycles. The molecule has 1 aromatic carbocycles. The second-order valence-electron chi connectivity index (χ2n) is 3.90. The van der Waals surface area contributed by atoms with Crippen LogP contribution < -0.4 is 10.5 Å². The molecule has 0 amide bonds. The third kappa shape index (κ3) is 3.19. The zero-order chi connectivity index (χ0) is 14.8. The number of halogens is 2. The molecule has 2 heterocycles. The summed E-state index contributed by atoms with van der Waals surface area (Å²) in [5.74, 6) is 0.907. The van der Waals surface area contributed by atoms with Crippen molar-refractivity contribution in [2.45, 2.75) is 0 Å². The van der Waals surface area contributed by atoms with Gasteiger partial charge in [0, 0.05) is 16.9 Å². The van der Waals surface area contributed by atoms with E-state index in [1.54, 1.807) is 24.5 Å². The lowest BCUT2D eigenvalue weighted by Crippen LogP contribution is -2.08. The van der Waals surface area contributed by atoms with Crippen LogP contribution in [0.5, 0.6) is 11.8 Å². The lowest BCUT2D eigenvalue weighted by Gasteiger charge is -2.08. The van der Waals surface area contributed by atoms with Crippen LogP contribution in [0.2, 0.25) is 0 Å². The fourth-order valence-electron chi connectivity index (χ4n) is 1.55. The molecule has 2 N–H and O–H groups in total. The van der Waals surface area contributed by atoms with Gasteiger partial charge in [0.25, 0.3) is 5.95 Å². The number of rotatable bonds is 3. The van der Waals surface area contributed by atoms with Crippen molar-refractivity contribution in [3.05, 3.63) is 45.6 Å². The van der Waals surface area contributed by atoms with Crippen molar-refractivity contribution in [1.82, 2.24) is 24.7 Å². The number of nitrogens with two attached hydrogens (primary N) is 1. The summed E-state index contributed by atoms with van der Waals surface area (Å²) < 4.78 is 8.79. The van der Waals surface area contributed by atoms with Crippen LogP contribution in [0.25, 0.3) is 5.95 Å². The SMILES string of the molecule is Nc1nc(Oc2ccc(Br)cc2Br)nc(-n2cccn2)n1. The highest BCUT2D eigenvalue weighted by atomic mass is 79.9. The highest BCUT2D eigenvalue weighted by Crippen LogP contribution is 2.30. The van der Waals surface area contributed by atoms with Crippen molar-refractivity contribution in [2.24, 2.45) is 0 Å². The van der Waals surface area contributed by atoms with Crippen LogP contribution in [0.4, 0.5) is 5.95 Å². The molecule has 0 saturated carbocycles. The van der Waals surface area contributed by atoms with E-state index >= 15 is 0 Å². The number of hydrogen-bond donors (Lipinski definition) is 1. The normalized spacial score (nSPS) is 10.6. The van der Waals surface area contributed by atoms with Gasteiger partial charge in [-0.3, -0.25) is 0 Å². The summed E-state index contributed by atoms with van der Waals surface area (Å²) in [6.07, 6.45) is 3.32. The molecule has 0 fully saturated rings. The lowest BCUT2D eigenvalue weighted by atomic mass is 10.3. The van der Waals surface area contributed by atoms with E-state index in [-0.39, 0.29) is 17.9 Å². The Bertz CT molecular complexity index is 777. The van der Waals surface area contributed by atoms with E-state index in [0.29, 0.717) is 5.75 Å². The fourth-order valence-corrected chi connectivity index (χ4v) is 2.68. The van der Waals surface area contributed by atoms with Gasteiger partial charge in [-0.15, -0.1) is 0 Å². The Balaban J connectivity index is 1.95. The van der Waals surface area contributed by atoms with Crippen LogP contribution in [-0.4, -0.2) is 24.7 Å². The molecule has 0 atom stereocenters. The summed E-state index contributed by atoms with van der Waals surface area (Å²) in [4.78, 5) is 12.2. The molecular formula is C12H8Br2N6O. The smallest absolute Gasteiger partial charge is 0.328 e. The molecule has 0 saturated heterocycles. The van der Waals surface area contributed by atoms with Crippen molar-refractivity contribution in [3.8, 4) is 17.7 Å². The Morgan fingerprint density at radius 3 is 2.71 bits per heavy atom. The van der Waals surface area contributed by atoms with E-state index in [1.165, 1.54) is 4.68 Å². The van der Waals surface area contributed by atoms with Crippen LogP contribution in [0, 0.1) is 0 Å². The minimum atomic E-state index is 0.0544. The predicted molar refractivity (Wildman–Crippen MR) is 83.3 cm³/mol. The summed E-state index contributed by atoms with van der Waals surface area (Å²) in [6.45, 7) is 0. The topological polar surface area (TPSA) is 91.7 Å². The average Bonchev–Trinajstić information content (AvgIpc) is 2.95. The van der Waals surface area contributed by atoms with Crippen LogP contribution >= 0.6 is 31.9 Å². The minimum Gasteiger partial charge on any atom is -0.423 e. The van der Waals surface area contributed by atoms with E-state index < -0.39 is 0 Å². The molecule has 7 nitrogen and oxygen atoms in total. The summed E-state index contributed by atoms with van der Waals surface area (Å²) in [6, 6.07) is 7.33. The first kappa shape index (κ1) is 14.0. The van der Waals surface area contributed by atoms with Gasteiger partial charge in [-0.1, -0.05) is 15.9 Å². The number of benzene rings is 1. The van der Waals surface area contributed by atoms with Crippen LogP contribution in [0.3, 0.4) is 0 Å². The van der Waals surface area contributed by atoms with Gasteiger partial charge < -0.3 is 10.5 Å². The number of nitrogens with zero attached hydrogens (tertiary/aromatic N) is 5. The molecule has 21 heavy (non-hydrogen) atoms. The molecule has 9 heteroatoms. The summed E-state index contributed by atoms with van der Waals surface area (Å²) in [7, 11) is 0. The number of anilines is 1. The van der Waals surface area contributed by atoms with Crippen molar-refractivity contribution in [1.29, 1.82) is 0 Å². The van der Waals surface area contributed by atoms with Crippen molar-refractivity contribution < 1.29 is 4.74 Å². The van der Waals surface area contributed by atoms with E-state index in [9.17, 15) is 0 Å². The Labute approximate surface area is 136 Å². The van der Waals surface area contributed by atoms with Gasteiger partial charge in [0.1, 0.15) is 5.75 Å². The highest BCUT2D eigenvalue weighted by Gasteiger charge is 2.10. The molecule has 0 aliphatic rings. The molecule has 3 rings (SSSR count). The summed E-state index contributed by atoms with van der Waals surface area (Å²) in [5.41, 5.74) is 5.68. The van der Waals surface area contributed by atoms with Gasteiger partial charge in [0.2, 0.25) is 5.95 Å². The van der Waals surface area contributed by atoms with Crippen LogP contribution in [0.15, 0.2) is 45.6 Å². The Hall–Kier alpha value is -2.00. The van der Waals surface area contributed by atoms with E-state index in [2.05, 4.69) is 51.9 Å². The Morgan fingerprint density at radius 2 is 2.00 bits per heavy atom. The standard InChI is InChI=1S/C12H8Br2N6O/c13-7-2-3-9(8(14)6-7)21-12-18-10(15)17-11(19-12)20-5-1-4-16-20/h1-6H,(H2,15,17,18,19). The molecule has 3 aromatic rings. The number of ether oxygens (including phenoxy) is 1. The van der Waals surface area contributed by atoms with Gasteiger partial charge in [-0.25, -0.2) is 4.68 Å². The lowest BCUT2D eigenvalue weighted by molar-refractivity contribution is 0.436. The third-order valence-corrected chi connectivity index (χ3v) is 3.54. The highest BCUT2D eigenvalue weighted by molar-refractivity contribution is 9.11. The van der Waals surface area contributed by atoms with Crippen molar-refractivity contribution in [3.63, 3.8) is 0 Å². The molecule has 0 bridgehead atoms. The zero-order valence-corrected chi connectivity index (χ0v) is 13.6. The average molecular weight is 412 g/mol. The molecule has 0 radical (unpaired) electrons. The quantitative estimate of drug-likeness (QED) is 0.712. The predicted octanol–water partition coefficient (Wildman–Crippen LogP) is 2.96. The van der Waals surface area contributed by atoms with E-state index in [4.69, 9.17) is 10.5 Å². The fraction of sp³-hybridized carbons (Fsp3) is 0. The first-order chi connectivity index (χ1) is 10.1. The number of nitrogen functional groups attached to an aromatic ring is 1. The number of hydrogen-bond acceptors (Lipinski definition) is 6. The summed E-state index contributed by atoms with van der Waals surface area (Å²) in [5, 5.41) is 4.04. The molecule has 106 valence electrons. The van der Waals surface area contributed by atoms with Gasteiger partial charge >= 0.3 is 6.01 Å². The van der Waals surface area contributed by atoms with E-state index in [1.807, 2.05) is 12.1 Å². The molecule has 0 aliphatic heterocycles. The summed E-state index contributed by atoms with van der Waals surface area (Å²) >= 11 is 6.78. The van der Waals surface area contributed by atoms with Crippen molar-refractivity contribution >= 4 is 37.8 Å². The second kappa shape index (κ2) is 5.78. The monoisotopic (exact) mass is 410 g/mol. The van der Waals surface area contributed by atoms with Gasteiger partial charge in [-0.05, 0) is 40.2 Å². The maximum atomic E-state index is 5.68. The molecule has 0 unspecified atom stereocenters.